The minimum Gasteiger partial charge on any atom is -0.481 e. The molecule has 0 saturated carbocycles. The van der Waals surface area contributed by atoms with Gasteiger partial charge in [0.1, 0.15) is 31.5 Å². The molecule has 0 spiro atoms. The predicted molar refractivity (Wildman–Crippen MR) is 165 cm³/mol. The number of hydrogen-bond donors (Lipinski definition) is 2. The molecule has 4 unspecified atom stereocenters. The van der Waals surface area contributed by atoms with Gasteiger partial charge in [0.05, 0.1) is 0 Å². The van der Waals surface area contributed by atoms with E-state index in [1.54, 1.807) is 0 Å². The Morgan fingerprint density at radius 1 is 0.933 bits per heavy atom. The maximum Gasteiger partial charge on any atom is 0.349 e. The van der Waals surface area contributed by atoms with Crippen LogP contribution in [-0.4, -0.2) is 77.2 Å². The summed E-state index contributed by atoms with van der Waals surface area (Å²) in [5, 5.41) is 7.42. The van der Waals surface area contributed by atoms with Crippen molar-refractivity contribution in [2.45, 2.75) is 81.3 Å². The van der Waals surface area contributed by atoms with Crippen LogP contribution in [0.3, 0.4) is 0 Å². The van der Waals surface area contributed by atoms with E-state index in [0.29, 0.717) is 0 Å². The lowest BCUT2D eigenvalue weighted by molar-refractivity contribution is -0.470. The molecule has 0 bridgehead atoms. The molecular formula is C31H41ClNO11S+. The average Bonchev–Trinajstić information content (AvgIpc) is 2.98. The zero-order valence-corrected chi connectivity index (χ0v) is 27.5. The van der Waals surface area contributed by atoms with Crippen molar-refractivity contribution in [3.63, 3.8) is 0 Å². The van der Waals surface area contributed by atoms with Crippen molar-refractivity contribution in [3.05, 3.63) is 66.2 Å². The highest BCUT2D eigenvalue weighted by atomic mass is 35.5. The van der Waals surface area contributed by atoms with Gasteiger partial charge in [-0.2, -0.15) is 0 Å². The SMILES string of the molecule is CC(=O)O.CC(=O)OCC(CC1OC(Sc2ccccc2)(C(=O)OCc2ccccc2)C[C@@H](OC(C)=O)C1[NH3+])OC(C)=O.CCl. The maximum absolute atomic E-state index is 13.8. The molecule has 14 heteroatoms. The Bertz CT molecular complexity index is 1230. The number of carbonyl (C=O) groups is 5. The van der Waals surface area contributed by atoms with Crippen LogP contribution < -0.4 is 5.73 Å². The predicted octanol–water partition coefficient (Wildman–Crippen LogP) is 3.38. The van der Waals surface area contributed by atoms with Crippen molar-refractivity contribution in [1.82, 2.24) is 0 Å². The number of ether oxygens (including phenoxy) is 5. The monoisotopic (exact) mass is 670 g/mol. The first kappa shape index (κ1) is 39.4. The molecule has 248 valence electrons. The van der Waals surface area contributed by atoms with Crippen molar-refractivity contribution in [1.29, 1.82) is 0 Å². The molecule has 2 aromatic rings. The number of carbonyl (C=O) groups excluding carboxylic acids is 4. The quantitative estimate of drug-likeness (QED) is 0.202. The molecule has 3 rings (SSSR count). The number of benzene rings is 2. The Balaban J connectivity index is 0.00000156. The zero-order valence-electron chi connectivity index (χ0n) is 25.9. The van der Waals surface area contributed by atoms with E-state index in [2.05, 4.69) is 17.3 Å². The van der Waals surface area contributed by atoms with Crippen molar-refractivity contribution in [3.8, 4) is 0 Å². The fourth-order valence-corrected chi connectivity index (χ4v) is 5.44. The van der Waals surface area contributed by atoms with E-state index in [9.17, 15) is 19.2 Å². The van der Waals surface area contributed by atoms with Crippen LogP contribution in [0, 0.1) is 0 Å². The molecule has 5 atom stereocenters. The minimum absolute atomic E-state index is 0.0133. The minimum atomic E-state index is -1.61. The summed E-state index contributed by atoms with van der Waals surface area (Å²) in [4.78, 5) is 57.1. The molecule has 12 nitrogen and oxygen atoms in total. The first-order valence-corrected chi connectivity index (χ1v) is 15.4. The molecule has 1 fully saturated rings. The van der Waals surface area contributed by atoms with Gasteiger partial charge in [0.2, 0.25) is 4.93 Å². The van der Waals surface area contributed by atoms with E-state index in [1.165, 1.54) is 27.2 Å². The number of halogens is 1. The molecule has 0 aliphatic carbocycles. The van der Waals surface area contributed by atoms with Gasteiger partial charge in [-0.05, 0) is 17.7 Å². The van der Waals surface area contributed by atoms with E-state index >= 15 is 0 Å². The van der Waals surface area contributed by atoms with E-state index in [1.807, 2.05) is 60.7 Å². The topological polar surface area (TPSA) is 179 Å². The molecule has 1 aliphatic heterocycles. The van der Waals surface area contributed by atoms with Crippen LogP contribution in [0.15, 0.2) is 65.6 Å². The number of thioether (sulfide) groups is 1. The summed E-state index contributed by atoms with van der Waals surface area (Å²) in [6.45, 7) is 4.64. The number of hydrogen-bond acceptors (Lipinski definition) is 11. The summed E-state index contributed by atoms with van der Waals surface area (Å²) in [6, 6.07) is 17.7. The first-order valence-electron chi connectivity index (χ1n) is 13.8. The van der Waals surface area contributed by atoms with Gasteiger partial charge in [0.15, 0.2) is 6.10 Å². The van der Waals surface area contributed by atoms with Crippen molar-refractivity contribution >= 4 is 53.2 Å². The Hall–Kier alpha value is -3.65. The summed E-state index contributed by atoms with van der Waals surface area (Å²) < 4.78 is 28.3. The lowest BCUT2D eigenvalue weighted by atomic mass is 9.92. The number of aliphatic carboxylic acids is 1. The Morgan fingerprint density at radius 2 is 1.49 bits per heavy atom. The molecule has 0 aromatic heterocycles. The molecule has 2 aromatic carbocycles. The van der Waals surface area contributed by atoms with Crippen molar-refractivity contribution < 1.29 is 58.5 Å². The van der Waals surface area contributed by atoms with E-state index in [0.717, 1.165) is 29.1 Å². The maximum atomic E-state index is 13.8. The summed E-state index contributed by atoms with van der Waals surface area (Å²) >= 11 is 5.78. The highest BCUT2D eigenvalue weighted by Gasteiger charge is 2.56. The molecule has 1 saturated heterocycles. The van der Waals surface area contributed by atoms with Crippen LogP contribution in [0.25, 0.3) is 0 Å². The molecule has 1 heterocycles. The van der Waals surface area contributed by atoms with Gasteiger partial charge in [-0.3, -0.25) is 19.2 Å². The van der Waals surface area contributed by atoms with Crippen molar-refractivity contribution in [2.75, 3.05) is 13.0 Å². The standard InChI is InChI=1S/C28H33NO9S.C2H4O2.CH3Cl/c1-18(30)34-17-22(36-19(2)31)14-24-26(29)25(37-20(3)32)15-28(38-24,39-23-12-8-5-9-13-23)27(33)35-16-21-10-6-4-7-11-21;1-2(3)4;1-2/h4-13,22,24-26H,14-17,29H2,1-3H3;1H3,(H,3,4);1H3/p+1/t22?,24?,25-,26?,28?;;/m1../s1. The third kappa shape index (κ3) is 14.8. The average molecular weight is 671 g/mol. The molecule has 45 heavy (non-hydrogen) atoms. The zero-order chi connectivity index (χ0) is 34.0. The van der Waals surface area contributed by atoms with Gasteiger partial charge in [-0.1, -0.05) is 60.3 Å². The van der Waals surface area contributed by atoms with Crippen LogP contribution in [-0.2, 0) is 54.3 Å². The lowest BCUT2D eigenvalue weighted by Crippen LogP contribution is -2.77. The van der Waals surface area contributed by atoms with Gasteiger partial charge in [-0.25, -0.2) is 4.79 Å². The van der Waals surface area contributed by atoms with Gasteiger partial charge in [0, 0.05) is 51.8 Å². The first-order chi connectivity index (χ1) is 21.3. The molecule has 0 amide bonds. The van der Waals surface area contributed by atoms with Crippen LogP contribution in [0.4, 0.5) is 0 Å². The van der Waals surface area contributed by atoms with E-state index < -0.39 is 59.1 Å². The smallest absolute Gasteiger partial charge is 0.349 e. The summed E-state index contributed by atoms with van der Waals surface area (Å²) in [5.74, 6) is -3.15. The van der Waals surface area contributed by atoms with Crippen LogP contribution in [0.1, 0.15) is 46.1 Å². The number of quaternary nitrogens is 1. The van der Waals surface area contributed by atoms with Crippen LogP contribution >= 0.6 is 23.4 Å². The number of esters is 4. The van der Waals surface area contributed by atoms with E-state index in [4.69, 9.17) is 33.6 Å². The number of rotatable bonds is 11. The third-order valence-electron chi connectivity index (χ3n) is 5.93. The van der Waals surface area contributed by atoms with Crippen molar-refractivity contribution in [2.24, 2.45) is 0 Å². The Morgan fingerprint density at radius 3 is 2.00 bits per heavy atom. The van der Waals surface area contributed by atoms with Gasteiger partial charge < -0.3 is 34.5 Å². The summed E-state index contributed by atoms with van der Waals surface area (Å²) in [5.41, 5.74) is 4.95. The second kappa shape index (κ2) is 20.4. The van der Waals surface area contributed by atoms with Gasteiger partial charge >= 0.3 is 23.9 Å². The lowest BCUT2D eigenvalue weighted by Gasteiger charge is -2.44. The van der Waals surface area contributed by atoms with Crippen LogP contribution in [0.2, 0.25) is 0 Å². The largest absolute Gasteiger partial charge is 0.481 e. The number of carboxylic acids is 1. The highest BCUT2D eigenvalue weighted by Crippen LogP contribution is 2.45. The number of alkyl halides is 1. The van der Waals surface area contributed by atoms with Gasteiger partial charge in [-0.15, -0.1) is 11.6 Å². The highest BCUT2D eigenvalue weighted by molar-refractivity contribution is 8.01. The number of carboxylic acid groups (broad SMARTS) is 1. The fourth-order valence-electron chi connectivity index (χ4n) is 4.21. The second-order valence-electron chi connectivity index (χ2n) is 9.69. The van der Waals surface area contributed by atoms with Crippen LogP contribution in [0.5, 0.6) is 0 Å². The van der Waals surface area contributed by atoms with E-state index in [-0.39, 0.29) is 26.1 Å². The second-order valence-corrected chi connectivity index (χ2v) is 11.0. The molecule has 1 aliphatic rings. The van der Waals surface area contributed by atoms with Gasteiger partial charge in [0.25, 0.3) is 5.97 Å². The molecule has 4 N–H and O–H groups in total. The fraction of sp³-hybridized carbons (Fsp3) is 0.452. The summed E-state index contributed by atoms with van der Waals surface area (Å²) in [6.07, 6.45) is -1.04. The summed E-state index contributed by atoms with van der Waals surface area (Å²) in [7, 11) is 0. The Kier molecular flexibility index (Phi) is 17.8. The third-order valence-corrected chi connectivity index (χ3v) is 7.20. The molecule has 0 radical (unpaired) electrons. The molecular weight excluding hydrogens is 630 g/mol. The normalized spacial score (nSPS) is 20.8. The Labute approximate surface area is 271 Å².